The van der Waals surface area contributed by atoms with Gasteiger partial charge in [-0.1, -0.05) is 48.0 Å². The molecule has 1 aromatic heterocycles. The number of hydrogen-bond acceptors (Lipinski definition) is 1. The Kier molecular flexibility index (Phi) is 4.87. The molecule has 1 aliphatic carbocycles. The summed E-state index contributed by atoms with van der Waals surface area (Å²) in [5, 5.41) is 4.17. The number of nitrogens with one attached hydrogen (secondary N) is 2. The van der Waals surface area contributed by atoms with Crippen LogP contribution in [0.25, 0.3) is 22.2 Å². The van der Waals surface area contributed by atoms with Crippen molar-refractivity contribution in [2.45, 2.75) is 32.1 Å². The van der Waals surface area contributed by atoms with Gasteiger partial charge in [0.05, 0.1) is 0 Å². The molecule has 0 fully saturated rings. The predicted molar refractivity (Wildman–Crippen MR) is 107 cm³/mol. The van der Waals surface area contributed by atoms with E-state index in [0.29, 0.717) is 12.1 Å². The Morgan fingerprint density at radius 1 is 1.04 bits per heavy atom. The highest BCUT2D eigenvalue weighted by molar-refractivity contribution is 5.98. The molecule has 0 saturated heterocycles. The average Bonchev–Trinajstić information content (AvgIpc) is 3.13. The molecule has 3 heteroatoms. The maximum Gasteiger partial charge on any atom is 0.251 e. The predicted octanol–water partition coefficient (Wildman–Crippen LogP) is 5.46. The van der Waals surface area contributed by atoms with Crippen molar-refractivity contribution in [2.24, 2.45) is 0 Å². The van der Waals surface area contributed by atoms with Crippen molar-refractivity contribution >= 4 is 16.8 Å². The van der Waals surface area contributed by atoms with Crippen LogP contribution in [0.15, 0.2) is 66.2 Å². The molecule has 3 aromatic rings. The van der Waals surface area contributed by atoms with Gasteiger partial charge in [0.2, 0.25) is 0 Å². The number of allylic oxidation sites excluding steroid dienone is 1. The average molecular weight is 344 g/mol. The van der Waals surface area contributed by atoms with E-state index in [0.717, 1.165) is 28.6 Å². The van der Waals surface area contributed by atoms with Gasteiger partial charge < -0.3 is 10.3 Å². The number of aromatic nitrogens is 1. The molecular weight excluding hydrogens is 320 g/mol. The van der Waals surface area contributed by atoms with E-state index in [1.54, 1.807) is 0 Å². The lowest BCUT2D eigenvalue weighted by molar-refractivity contribution is 0.0954. The molecule has 132 valence electrons. The van der Waals surface area contributed by atoms with Gasteiger partial charge in [-0.15, -0.1) is 0 Å². The third-order valence-corrected chi connectivity index (χ3v) is 5.09. The van der Waals surface area contributed by atoms with E-state index in [1.807, 2.05) is 36.4 Å². The molecule has 4 rings (SSSR count). The molecule has 0 saturated carbocycles. The third kappa shape index (κ3) is 3.72. The summed E-state index contributed by atoms with van der Waals surface area (Å²) in [4.78, 5) is 15.9. The van der Waals surface area contributed by atoms with Crippen molar-refractivity contribution in [2.75, 3.05) is 6.54 Å². The summed E-state index contributed by atoms with van der Waals surface area (Å²) in [6.07, 6.45) is 8.27. The summed E-state index contributed by atoms with van der Waals surface area (Å²) in [5.41, 5.74) is 5.41. The monoisotopic (exact) mass is 344 g/mol. The Morgan fingerprint density at radius 3 is 2.73 bits per heavy atom. The lowest BCUT2D eigenvalue weighted by Gasteiger charge is -2.13. The SMILES string of the molecule is O=C(NCCC1=CCCCC1)c1ccc2cc(-c3ccccc3)[nH]c2c1. The fraction of sp³-hybridized carbons (Fsp3) is 0.261. The zero-order chi connectivity index (χ0) is 17.8. The molecule has 0 radical (unpaired) electrons. The largest absolute Gasteiger partial charge is 0.355 e. The van der Waals surface area contributed by atoms with Crippen LogP contribution < -0.4 is 5.32 Å². The molecule has 0 unspecified atom stereocenters. The number of fused-ring (bicyclic) bond motifs is 1. The van der Waals surface area contributed by atoms with Crippen LogP contribution in [0.4, 0.5) is 0 Å². The maximum absolute atomic E-state index is 12.5. The van der Waals surface area contributed by atoms with Gasteiger partial charge in [0.25, 0.3) is 5.91 Å². The standard InChI is InChI=1S/C23H24N2O/c26-23(24-14-13-17-7-3-1-4-8-17)20-12-11-19-15-21(25-22(19)16-20)18-9-5-2-6-10-18/h2,5-7,9-12,15-16,25H,1,3-4,8,13-14H2,(H,24,26). The van der Waals surface area contributed by atoms with Gasteiger partial charge in [-0.25, -0.2) is 0 Å². The molecule has 1 amide bonds. The Balaban J connectivity index is 1.44. The van der Waals surface area contributed by atoms with E-state index in [9.17, 15) is 4.79 Å². The molecule has 0 aliphatic heterocycles. The first-order valence-corrected chi connectivity index (χ1v) is 9.44. The van der Waals surface area contributed by atoms with Gasteiger partial charge in [0.15, 0.2) is 0 Å². The Hall–Kier alpha value is -2.81. The minimum Gasteiger partial charge on any atom is -0.355 e. The Labute approximate surface area is 154 Å². The van der Waals surface area contributed by atoms with Crippen molar-refractivity contribution in [1.29, 1.82) is 0 Å². The summed E-state index contributed by atoms with van der Waals surface area (Å²) < 4.78 is 0. The zero-order valence-corrected chi connectivity index (χ0v) is 14.9. The van der Waals surface area contributed by atoms with Crippen LogP contribution in [-0.2, 0) is 0 Å². The summed E-state index contributed by atoms with van der Waals surface area (Å²) in [7, 11) is 0. The number of carbonyl (C=O) groups excluding carboxylic acids is 1. The minimum atomic E-state index is -0.000768. The molecule has 2 N–H and O–H groups in total. The Morgan fingerprint density at radius 2 is 1.92 bits per heavy atom. The fourth-order valence-corrected chi connectivity index (χ4v) is 3.61. The van der Waals surface area contributed by atoms with Gasteiger partial charge in [0, 0.05) is 28.7 Å². The zero-order valence-electron chi connectivity index (χ0n) is 14.9. The van der Waals surface area contributed by atoms with Crippen LogP contribution >= 0.6 is 0 Å². The van der Waals surface area contributed by atoms with Crippen LogP contribution in [0.1, 0.15) is 42.5 Å². The van der Waals surface area contributed by atoms with Gasteiger partial charge >= 0.3 is 0 Å². The van der Waals surface area contributed by atoms with E-state index in [4.69, 9.17) is 0 Å². The maximum atomic E-state index is 12.5. The first-order chi connectivity index (χ1) is 12.8. The second-order valence-corrected chi connectivity index (χ2v) is 6.97. The fourth-order valence-electron chi connectivity index (χ4n) is 3.61. The number of benzene rings is 2. The van der Waals surface area contributed by atoms with Gasteiger partial charge in [0.1, 0.15) is 0 Å². The molecule has 1 aliphatic rings. The molecule has 0 spiro atoms. The molecule has 0 bridgehead atoms. The second kappa shape index (κ2) is 7.61. The van der Waals surface area contributed by atoms with E-state index in [1.165, 1.54) is 31.3 Å². The number of carbonyl (C=O) groups is 1. The summed E-state index contributed by atoms with van der Waals surface area (Å²) in [6, 6.07) is 18.2. The second-order valence-electron chi connectivity index (χ2n) is 6.97. The van der Waals surface area contributed by atoms with Crippen LogP contribution in [0, 0.1) is 0 Å². The van der Waals surface area contributed by atoms with Crippen LogP contribution in [-0.4, -0.2) is 17.4 Å². The molecule has 1 heterocycles. The molecule has 2 aromatic carbocycles. The number of rotatable bonds is 5. The van der Waals surface area contributed by atoms with Crippen molar-refractivity contribution in [3.8, 4) is 11.3 Å². The number of hydrogen-bond donors (Lipinski definition) is 2. The van der Waals surface area contributed by atoms with Crippen LogP contribution in [0.2, 0.25) is 0 Å². The van der Waals surface area contributed by atoms with E-state index >= 15 is 0 Å². The number of amides is 1. The smallest absolute Gasteiger partial charge is 0.251 e. The molecule has 3 nitrogen and oxygen atoms in total. The van der Waals surface area contributed by atoms with Crippen LogP contribution in [0.3, 0.4) is 0 Å². The number of aromatic amines is 1. The van der Waals surface area contributed by atoms with Crippen molar-refractivity contribution in [1.82, 2.24) is 10.3 Å². The third-order valence-electron chi connectivity index (χ3n) is 5.09. The highest BCUT2D eigenvalue weighted by Crippen LogP contribution is 2.25. The summed E-state index contributed by atoms with van der Waals surface area (Å²) in [6.45, 7) is 0.711. The van der Waals surface area contributed by atoms with E-state index in [-0.39, 0.29) is 5.91 Å². The lowest BCUT2D eigenvalue weighted by atomic mass is 9.97. The van der Waals surface area contributed by atoms with E-state index in [2.05, 4.69) is 34.6 Å². The highest BCUT2D eigenvalue weighted by atomic mass is 16.1. The summed E-state index contributed by atoms with van der Waals surface area (Å²) >= 11 is 0. The van der Waals surface area contributed by atoms with E-state index < -0.39 is 0 Å². The lowest BCUT2D eigenvalue weighted by Crippen LogP contribution is -2.24. The van der Waals surface area contributed by atoms with Gasteiger partial charge in [-0.2, -0.15) is 0 Å². The Bertz CT molecular complexity index is 937. The topological polar surface area (TPSA) is 44.9 Å². The van der Waals surface area contributed by atoms with Crippen LogP contribution in [0.5, 0.6) is 0 Å². The molecule has 26 heavy (non-hydrogen) atoms. The van der Waals surface area contributed by atoms with Crippen molar-refractivity contribution < 1.29 is 4.79 Å². The number of H-pyrrole nitrogens is 1. The molecule has 0 atom stereocenters. The normalized spacial score (nSPS) is 14.2. The first-order valence-electron chi connectivity index (χ1n) is 9.44. The van der Waals surface area contributed by atoms with Gasteiger partial charge in [-0.05, 0) is 55.9 Å². The first kappa shape index (κ1) is 16.6. The van der Waals surface area contributed by atoms with Crippen molar-refractivity contribution in [3.05, 3.63) is 71.8 Å². The quantitative estimate of drug-likeness (QED) is 0.594. The summed E-state index contributed by atoms with van der Waals surface area (Å²) in [5.74, 6) is -0.000768. The minimum absolute atomic E-state index is 0.000768. The van der Waals surface area contributed by atoms with Gasteiger partial charge in [-0.3, -0.25) is 4.79 Å². The van der Waals surface area contributed by atoms with Crippen molar-refractivity contribution in [3.63, 3.8) is 0 Å². The molecular formula is C23H24N2O. The highest BCUT2D eigenvalue weighted by Gasteiger charge is 2.09.